The summed E-state index contributed by atoms with van der Waals surface area (Å²) in [5.41, 5.74) is 1.70. The molecular weight excluding hydrogens is 388 g/mol. The van der Waals surface area contributed by atoms with Crippen molar-refractivity contribution in [3.8, 4) is 0 Å². The van der Waals surface area contributed by atoms with Crippen LogP contribution in [0.25, 0.3) is 0 Å². The van der Waals surface area contributed by atoms with Crippen molar-refractivity contribution >= 4 is 21.8 Å². The molecule has 3 nitrogen and oxygen atoms in total. The Morgan fingerprint density at radius 2 is 1.85 bits per heavy atom. The van der Waals surface area contributed by atoms with Crippen molar-refractivity contribution in [1.29, 1.82) is 0 Å². The van der Waals surface area contributed by atoms with E-state index in [1.165, 1.54) is 6.42 Å². The number of halogens is 1. The molecule has 0 bridgehead atoms. The summed E-state index contributed by atoms with van der Waals surface area (Å²) >= 11 is 3.50. The molecule has 1 amide bonds. The molecular formula is C22H27BrN2O. The number of hydrogen-bond donors (Lipinski definition) is 1. The summed E-state index contributed by atoms with van der Waals surface area (Å²) in [6.07, 6.45) is 2.23. The summed E-state index contributed by atoms with van der Waals surface area (Å²) in [6, 6.07) is 17.8. The van der Waals surface area contributed by atoms with E-state index in [2.05, 4.69) is 59.2 Å². The van der Waals surface area contributed by atoms with Gasteiger partial charge in [0.1, 0.15) is 0 Å². The summed E-state index contributed by atoms with van der Waals surface area (Å²) in [7, 11) is 2.18. The lowest BCUT2D eigenvalue weighted by molar-refractivity contribution is 0.0276. The number of nitrogens with zero attached hydrogens (tertiary/aromatic N) is 1. The maximum absolute atomic E-state index is 13.0. The quantitative estimate of drug-likeness (QED) is 0.759. The van der Waals surface area contributed by atoms with E-state index in [9.17, 15) is 4.79 Å². The average Bonchev–Trinajstić information content (AvgIpc) is 2.64. The third kappa shape index (κ3) is 3.86. The van der Waals surface area contributed by atoms with Crippen LogP contribution in [0.5, 0.6) is 0 Å². The lowest BCUT2D eigenvalue weighted by Crippen LogP contribution is -2.57. The van der Waals surface area contributed by atoms with Gasteiger partial charge in [0.2, 0.25) is 0 Å². The predicted molar refractivity (Wildman–Crippen MR) is 110 cm³/mol. The largest absolute Gasteiger partial charge is 0.343 e. The first-order valence-electron chi connectivity index (χ1n) is 9.23. The fraction of sp³-hybridized carbons (Fsp3) is 0.409. The Kier molecular flexibility index (Phi) is 5.83. The van der Waals surface area contributed by atoms with Crippen LogP contribution in [0.2, 0.25) is 0 Å². The number of carbonyl (C=O) groups is 1. The number of nitrogens with one attached hydrogen (secondary N) is 1. The zero-order chi connectivity index (χ0) is 18.7. The molecule has 1 fully saturated rings. The number of benzene rings is 2. The highest BCUT2D eigenvalue weighted by atomic mass is 79.9. The Balaban J connectivity index is 1.95. The molecule has 138 valence electrons. The second-order valence-corrected chi connectivity index (χ2v) is 8.53. The molecule has 1 heterocycles. The molecule has 1 aliphatic rings. The minimum atomic E-state index is -0.120. The maximum atomic E-state index is 13.0. The van der Waals surface area contributed by atoms with Gasteiger partial charge in [-0.25, -0.2) is 0 Å². The normalized spacial score (nSPS) is 24.8. The monoisotopic (exact) mass is 414 g/mol. The molecule has 0 spiro atoms. The molecule has 0 aliphatic carbocycles. The van der Waals surface area contributed by atoms with Crippen LogP contribution in [0.15, 0.2) is 59.1 Å². The first-order chi connectivity index (χ1) is 12.4. The lowest BCUT2D eigenvalue weighted by atomic mass is 9.76. The molecule has 1 saturated heterocycles. The summed E-state index contributed by atoms with van der Waals surface area (Å²) in [5, 5.41) is 3.34. The Bertz CT molecular complexity index is 764. The average molecular weight is 415 g/mol. The zero-order valence-corrected chi connectivity index (χ0v) is 17.3. The molecule has 2 aromatic rings. The minimum absolute atomic E-state index is 0.0421. The number of piperidine rings is 1. The van der Waals surface area contributed by atoms with Crippen LogP contribution in [0.4, 0.5) is 0 Å². The van der Waals surface area contributed by atoms with Gasteiger partial charge in [-0.15, -0.1) is 0 Å². The van der Waals surface area contributed by atoms with Crippen molar-refractivity contribution in [1.82, 2.24) is 10.2 Å². The smallest absolute Gasteiger partial charge is 0.252 e. The number of hydrogen-bond acceptors (Lipinski definition) is 2. The van der Waals surface area contributed by atoms with Gasteiger partial charge in [-0.1, -0.05) is 49.4 Å². The summed E-state index contributed by atoms with van der Waals surface area (Å²) < 4.78 is 0.820. The van der Waals surface area contributed by atoms with E-state index in [0.717, 1.165) is 23.0 Å². The third-order valence-electron chi connectivity index (χ3n) is 5.75. The van der Waals surface area contributed by atoms with E-state index in [4.69, 9.17) is 0 Å². The van der Waals surface area contributed by atoms with E-state index in [1.54, 1.807) is 0 Å². The molecule has 1 N–H and O–H groups in total. The van der Waals surface area contributed by atoms with Crippen molar-refractivity contribution < 1.29 is 4.79 Å². The van der Waals surface area contributed by atoms with Gasteiger partial charge in [-0.05, 0) is 66.4 Å². The minimum Gasteiger partial charge on any atom is -0.343 e. The second-order valence-electron chi connectivity index (χ2n) is 7.68. The summed E-state index contributed by atoms with van der Waals surface area (Å²) in [5.74, 6) is 0.642. The molecule has 3 rings (SSSR count). The van der Waals surface area contributed by atoms with Gasteiger partial charge in [0.05, 0.1) is 11.6 Å². The van der Waals surface area contributed by atoms with Crippen LogP contribution >= 0.6 is 15.9 Å². The van der Waals surface area contributed by atoms with E-state index >= 15 is 0 Å². The van der Waals surface area contributed by atoms with Gasteiger partial charge in [0.15, 0.2) is 0 Å². The standard InChI is InChI=1S/C22H27BrN2O/c1-16-13-14-22(2,25(3)15-16)20(17-9-5-4-6-10-17)24-21(26)18-11-7-8-12-19(18)23/h4-12,16,20H,13-15H2,1-3H3,(H,24,26). The Hall–Kier alpha value is -1.65. The zero-order valence-electron chi connectivity index (χ0n) is 15.7. The Morgan fingerprint density at radius 3 is 2.50 bits per heavy atom. The molecule has 4 heteroatoms. The number of rotatable bonds is 4. The van der Waals surface area contributed by atoms with Crippen molar-refractivity contribution in [3.05, 3.63) is 70.2 Å². The highest BCUT2D eigenvalue weighted by molar-refractivity contribution is 9.10. The first kappa shape index (κ1) is 19.1. The molecule has 2 aromatic carbocycles. The molecule has 0 saturated carbocycles. The predicted octanol–water partition coefficient (Wildman–Crippen LogP) is 5.04. The molecule has 1 aliphatic heterocycles. The van der Waals surface area contributed by atoms with Gasteiger partial charge in [0, 0.05) is 16.6 Å². The van der Waals surface area contributed by atoms with Crippen molar-refractivity contribution in [2.24, 2.45) is 5.92 Å². The Labute approximate surface area is 164 Å². The molecule has 3 unspecified atom stereocenters. The van der Waals surface area contributed by atoms with Crippen LogP contribution < -0.4 is 5.32 Å². The summed E-state index contributed by atoms with van der Waals surface area (Å²) in [4.78, 5) is 15.5. The summed E-state index contributed by atoms with van der Waals surface area (Å²) in [6.45, 7) is 5.62. The van der Waals surface area contributed by atoms with E-state index in [-0.39, 0.29) is 17.5 Å². The molecule has 3 atom stereocenters. The van der Waals surface area contributed by atoms with Gasteiger partial charge in [-0.3, -0.25) is 9.69 Å². The number of carbonyl (C=O) groups excluding carboxylic acids is 1. The first-order valence-corrected chi connectivity index (χ1v) is 10.0. The van der Waals surface area contributed by atoms with E-state index in [1.807, 2.05) is 42.5 Å². The fourth-order valence-corrected chi connectivity index (χ4v) is 4.42. The highest BCUT2D eigenvalue weighted by Crippen LogP contribution is 2.39. The van der Waals surface area contributed by atoms with Crippen LogP contribution in [0, 0.1) is 5.92 Å². The van der Waals surface area contributed by atoms with Crippen LogP contribution in [0.1, 0.15) is 48.7 Å². The second kappa shape index (κ2) is 7.93. The number of likely N-dealkylation sites (tertiary alicyclic amines) is 1. The lowest BCUT2D eigenvalue weighted by Gasteiger charge is -2.50. The number of amides is 1. The number of likely N-dealkylation sites (N-methyl/N-ethyl adjacent to an activating group) is 1. The fourth-order valence-electron chi connectivity index (χ4n) is 3.96. The van der Waals surface area contributed by atoms with Crippen molar-refractivity contribution in [3.63, 3.8) is 0 Å². The van der Waals surface area contributed by atoms with Crippen LogP contribution in [-0.2, 0) is 0 Å². The van der Waals surface area contributed by atoms with E-state index in [0.29, 0.717) is 11.5 Å². The molecule has 0 aromatic heterocycles. The van der Waals surface area contributed by atoms with Gasteiger partial charge < -0.3 is 5.32 Å². The molecule has 0 radical (unpaired) electrons. The van der Waals surface area contributed by atoms with Gasteiger partial charge >= 0.3 is 0 Å². The Morgan fingerprint density at radius 1 is 1.19 bits per heavy atom. The van der Waals surface area contributed by atoms with E-state index < -0.39 is 0 Å². The topological polar surface area (TPSA) is 32.3 Å². The van der Waals surface area contributed by atoms with Gasteiger partial charge in [0.25, 0.3) is 5.91 Å². The third-order valence-corrected chi connectivity index (χ3v) is 6.44. The van der Waals surface area contributed by atoms with Crippen LogP contribution in [-0.4, -0.2) is 29.9 Å². The van der Waals surface area contributed by atoms with Crippen molar-refractivity contribution in [2.45, 2.75) is 38.3 Å². The highest BCUT2D eigenvalue weighted by Gasteiger charge is 2.42. The molecule has 26 heavy (non-hydrogen) atoms. The van der Waals surface area contributed by atoms with Gasteiger partial charge in [-0.2, -0.15) is 0 Å². The SMILES string of the molecule is CC1CCC(C)(C(NC(=O)c2ccccc2Br)c2ccccc2)N(C)C1. The van der Waals surface area contributed by atoms with Crippen LogP contribution in [0.3, 0.4) is 0 Å². The van der Waals surface area contributed by atoms with Crippen molar-refractivity contribution in [2.75, 3.05) is 13.6 Å². The maximum Gasteiger partial charge on any atom is 0.252 e.